The van der Waals surface area contributed by atoms with Crippen molar-refractivity contribution in [2.75, 3.05) is 13.1 Å². The van der Waals surface area contributed by atoms with Crippen LogP contribution in [0.1, 0.15) is 5.69 Å². The van der Waals surface area contributed by atoms with Gasteiger partial charge in [0, 0.05) is 25.8 Å². The minimum absolute atomic E-state index is 0.306. The van der Waals surface area contributed by atoms with Crippen LogP contribution in [-0.4, -0.2) is 40.3 Å². The monoisotopic (exact) mass is 288 g/mol. The zero-order valence-electron chi connectivity index (χ0n) is 11.5. The lowest BCUT2D eigenvalue weighted by atomic mass is 10.2. The van der Waals surface area contributed by atoms with Gasteiger partial charge in [-0.2, -0.15) is 0 Å². The first-order valence-corrected chi connectivity index (χ1v) is 6.94. The van der Waals surface area contributed by atoms with Crippen molar-refractivity contribution in [1.29, 1.82) is 0 Å². The second-order valence-corrected chi connectivity index (χ2v) is 5.16. The number of hydrogen-bond donors (Lipinski definition) is 1. The van der Waals surface area contributed by atoms with Gasteiger partial charge in [0.1, 0.15) is 23.8 Å². The van der Waals surface area contributed by atoms with E-state index in [1.165, 1.54) is 6.07 Å². The van der Waals surface area contributed by atoms with Crippen molar-refractivity contribution in [1.82, 2.24) is 9.88 Å². The molecule has 21 heavy (non-hydrogen) atoms. The Hall–Kier alpha value is -1.98. The third-order valence-electron chi connectivity index (χ3n) is 3.55. The maximum Gasteiger partial charge on any atom is 0.146 e. The van der Waals surface area contributed by atoms with Crippen molar-refractivity contribution in [3.05, 3.63) is 60.2 Å². The van der Waals surface area contributed by atoms with Crippen molar-refractivity contribution < 1.29 is 14.2 Å². The zero-order valence-corrected chi connectivity index (χ0v) is 11.5. The number of rotatable bonds is 4. The van der Waals surface area contributed by atoms with Crippen LogP contribution in [0, 0.1) is 5.82 Å². The predicted octanol–water partition coefficient (Wildman–Crippen LogP) is 1.84. The minimum Gasteiger partial charge on any atom is -0.486 e. The van der Waals surface area contributed by atoms with Crippen LogP contribution >= 0.6 is 0 Å². The van der Waals surface area contributed by atoms with Gasteiger partial charge in [-0.3, -0.25) is 9.88 Å². The number of ether oxygens (including phenoxy) is 1. The van der Waals surface area contributed by atoms with Crippen LogP contribution in [0.4, 0.5) is 4.39 Å². The number of aliphatic hydroxyl groups excluding tert-OH is 1. The molecule has 1 saturated heterocycles. The molecule has 0 saturated carbocycles. The summed E-state index contributed by atoms with van der Waals surface area (Å²) in [7, 11) is 0. The van der Waals surface area contributed by atoms with Crippen LogP contribution in [0.15, 0.2) is 48.7 Å². The fraction of sp³-hybridized carbons (Fsp3) is 0.312. The van der Waals surface area contributed by atoms with Gasteiger partial charge in [0.2, 0.25) is 0 Å². The molecule has 0 unspecified atom stereocenters. The first kappa shape index (κ1) is 14.0. The van der Waals surface area contributed by atoms with Gasteiger partial charge < -0.3 is 9.84 Å². The standard InChI is InChI=1S/C16H17FN2O2/c17-13-7-4-8-18-14(13)9-19-10-15(20)16(11-19)21-12-5-2-1-3-6-12/h1-8,15-16,20H,9-11H2/t15-,16-/m1/s1. The van der Waals surface area contributed by atoms with Crippen LogP contribution in [0.3, 0.4) is 0 Å². The number of β-amino-alcohol motifs (C(OH)–C–C–N with tert-alkyl or cyclic N) is 1. The Morgan fingerprint density at radius 1 is 1.19 bits per heavy atom. The molecule has 1 N–H and O–H groups in total. The molecule has 0 radical (unpaired) electrons. The number of para-hydroxylation sites is 1. The highest BCUT2D eigenvalue weighted by molar-refractivity contribution is 5.21. The smallest absolute Gasteiger partial charge is 0.146 e. The van der Waals surface area contributed by atoms with Crippen molar-refractivity contribution in [2.45, 2.75) is 18.8 Å². The number of aromatic nitrogens is 1. The van der Waals surface area contributed by atoms with Gasteiger partial charge in [0.25, 0.3) is 0 Å². The molecule has 0 amide bonds. The Balaban J connectivity index is 1.62. The molecule has 2 heterocycles. The summed E-state index contributed by atoms with van der Waals surface area (Å²) in [6.45, 7) is 1.37. The SMILES string of the molecule is O[C@@H]1CN(Cc2ncccc2F)C[C@H]1Oc1ccccc1. The highest BCUT2D eigenvalue weighted by Gasteiger charge is 2.33. The van der Waals surface area contributed by atoms with E-state index >= 15 is 0 Å². The molecule has 2 aromatic rings. The van der Waals surface area contributed by atoms with E-state index in [-0.39, 0.29) is 11.9 Å². The molecule has 5 heteroatoms. The van der Waals surface area contributed by atoms with Crippen molar-refractivity contribution >= 4 is 0 Å². The first-order chi connectivity index (χ1) is 10.2. The second-order valence-electron chi connectivity index (χ2n) is 5.16. The van der Waals surface area contributed by atoms with Gasteiger partial charge in [-0.05, 0) is 24.3 Å². The van der Waals surface area contributed by atoms with Crippen LogP contribution in [0.5, 0.6) is 5.75 Å². The summed E-state index contributed by atoms with van der Waals surface area (Å²) in [5, 5.41) is 10.1. The number of hydrogen-bond acceptors (Lipinski definition) is 4. The number of likely N-dealkylation sites (tertiary alicyclic amines) is 1. The Morgan fingerprint density at radius 2 is 2.00 bits per heavy atom. The molecule has 0 bridgehead atoms. The summed E-state index contributed by atoms with van der Waals surface area (Å²) >= 11 is 0. The van der Waals surface area contributed by atoms with E-state index in [1.54, 1.807) is 12.3 Å². The third kappa shape index (κ3) is 3.37. The summed E-state index contributed by atoms with van der Waals surface area (Å²) in [6.07, 6.45) is 0.680. The zero-order chi connectivity index (χ0) is 14.7. The number of benzene rings is 1. The van der Waals surface area contributed by atoms with E-state index in [1.807, 2.05) is 35.2 Å². The third-order valence-corrected chi connectivity index (χ3v) is 3.55. The van der Waals surface area contributed by atoms with Crippen molar-refractivity contribution in [2.24, 2.45) is 0 Å². The lowest BCUT2D eigenvalue weighted by molar-refractivity contribution is 0.0737. The van der Waals surface area contributed by atoms with Crippen LogP contribution in [-0.2, 0) is 6.54 Å². The maximum atomic E-state index is 13.6. The van der Waals surface area contributed by atoms with Gasteiger partial charge in [0.05, 0.1) is 5.69 Å². The molecule has 110 valence electrons. The van der Waals surface area contributed by atoms with Gasteiger partial charge in [-0.15, -0.1) is 0 Å². The topological polar surface area (TPSA) is 45.6 Å². The Labute approximate surface area is 122 Å². The molecule has 0 spiro atoms. The van der Waals surface area contributed by atoms with E-state index in [0.29, 0.717) is 25.3 Å². The van der Waals surface area contributed by atoms with E-state index in [0.717, 1.165) is 5.75 Å². The number of pyridine rings is 1. The van der Waals surface area contributed by atoms with E-state index < -0.39 is 6.10 Å². The molecule has 1 aliphatic heterocycles. The van der Waals surface area contributed by atoms with Crippen molar-refractivity contribution in [3.63, 3.8) is 0 Å². The summed E-state index contributed by atoms with van der Waals surface area (Å²) in [4.78, 5) is 5.98. The Kier molecular flexibility index (Phi) is 4.13. The number of aliphatic hydroxyl groups is 1. The summed E-state index contributed by atoms with van der Waals surface area (Å²) in [5.74, 6) is 0.409. The van der Waals surface area contributed by atoms with Crippen LogP contribution in [0.25, 0.3) is 0 Å². The van der Waals surface area contributed by atoms with Gasteiger partial charge in [-0.1, -0.05) is 18.2 Å². The average molecular weight is 288 g/mol. The number of nitrogens with zero attached hydrogens (tertiary/aromatic N) is 2. The van der Waals surface area contributed by atoms with Gasteiger partial charge >= 0.3 is 0 Å². The van der Waals surface area contributed by atoms with Gasteiger partial charge in [0.15, 0.2) is 0 Å². The van der Waals surface area contributed by atoms with Crippen LogP contribution in [0.2, 0.25) is 0 Å². The Bertz CT molecular complexity index is 594. The highest BCUT2D eigenvalue weighted by Crippen LogP contribution is 2.20. The summed E-state index contributed by atoms with van der Waals surface area (Å²) in [6, 6.07) is 12.4. The molecule has 1 aliphatic rings. The predicted molar refractivity (Wildman–Crippen MR) is 76.3 cm³/mol. The fourth-order valence-corrected chi connectivity index (χ4v) is 2.50. The molecule has 2 atom stereocenters. The Morgan fingerprint density at radius 3 is 2.76 bits per heavy atom. The molecular weight excluding hydrogens is 271 g/mol. The van der Waals surface area contributed by atoms with Crippen LogP contribution < -0.4 is 4.74 Å². The van der Waals surface area contributed by atoms with Crippen molar-refractivity contribution in [3.8, 4) is 5.75 Å². The van der Waals surface area contributed by atoms with E-state index in [4.69, 9.17) is 4.74 Å². The maximum absolute atomic E-state index is 13.6. The lowest BCUT2D eigenvalue weighted by Gasteiger charge is -2.17. The largest absolute Gasteiger partial charge is 0.486 e. The quantitative estimate of drug-likeness (QED) is 0.932. The molecule has 1 aromatic heterocycles. The number of halogens is 1. The molecule has 1 aromatic carbocycles. The van der Waals surface area contributed by atoms with E-state index in [2.05, 4.69) is 4.98 Å². The fourth-order valence-electron chi connectivity index (χ4n) is 2.50. The lowest BCUT2D eigenvalue weighted by Crippen LogP contribution is -2.29. The molecule has 1 fully saturated rings. The average Bonchev–Trinajstić information content (AvgIpc) is 2.82. The summed E-state index contributed by atoms with van der Waals surface area (Å²) in [5.41, 5.74) is 0.394. The molecule has 4 nitrogen and oxygen atoms in total. The summed E-state index contributed by atoms with van der Waals surface area (Å²) < 4.78 is 19.4. The van der Waals surface area contributed by atoms with Gasteiger partial charge in [-0.25, -0.2) is 4.39 Å². The molecule has 0 aliphatic carbocycles. The minimum atomic E-state index is -0.586. The highest BCUT2D eigenvalue weighted by atomic mass is 19.1. The molecular formula is C16H17FN2O2. The molecule has 3 rings (SSSR count). The second kappa shape index (κ2) is 6.20. The van der Waals surface area contributed by atoms with E-state index in [9.17, 15) is 9.50 Å². The normalized spacial score (nSPS) is 22.4. The first-order valence-electron chi connectivity index (χ1n) is 6.94.